The largest absolute Gasteiger partial charge is 0.394 e. The molecule has 0 saturated heterocycles. The highest BCUT2D eigenvalue weighted by Crippen LogP contribution is 2.35. The first-order valence-electron chi connectivity index (χ1n) is 5.25. The van der Waals surface area contributed by atoms with Gasteiger partial charge in [0.05, 0.1) is 0 Å². The van der Waals surface area contributed by atoms with Crippen molar-refractivity contribution in [3.63, 3.8) is 0 Å². The summed E-state index contributed by atoms with van der Waals surface area (Å²) < 4.78 is 0. The zero-order valence-electron chi connectivity index (χ0n) is 9.80. The average Bonchev–Trinajstić information content (AvgIpc) is 2.51. The smallest absolute Gasteiger partial charge is 0.00277 e. The van der Waals surface area contributed by atoms with Crippen LogP contribution in [0.3, 0.4) is 0 Å². The molecule has 1 aliphatic carbocycles. The first-order chi connectivity index (χ1) is 7.20. The van der Waals surface area contributed by atoms with E-state index >= 15 is 0 Å². The van der Waals surface area contributed by atoms with Crippen molar-refractivity contribution in [3.05, 3.63) is 59.4 Å². The molecule has 0 amide bonds. The van der Waals surface area contributed by atoms with Crippen molar-refractivity contribution in [2.45, 2.75) is 20.3 Å². The predicted octanol–water partition coefficient (Wildman–Crippen LogP) is 3.50. The standard InChI is InChI=1S/C14H19N/c1-5-6-7-13-10-14(8-9-15-4)12(3)11(13)2/h5-9,15H,2,10H2,1,3-4H3/b6-5-,9-8+,13-7-. The molecule has 0 heterocycles. The normalized spacial score (nSPS) is 20.2. The Kier molecular flexibility index (Phi) is 4.17. The van der Waals surface area contributed by atoms with Gasteiger partial charge in [0.15, 0.2) is 0 Å². The molecule has 1 N–H and O–H groups in total. The number of allylic oxidation sites excluding steroid dienone is 8. The summed E-state index contributed by atoms with van der Waals surface area (Å²) in [4.78, 5) is 0. The Morgan fingerprint density at radius 2 is 2.13 bits per heavy atom. The highest BCUT2D eigenvalue weighted by atomic mass is 14.8. The molecule has 0 radical (unpaired) electrons. The number of hydrogen-bond acceptors (Lipinski definition) is 1. The Morgan fingerprint density at radius 1 is 1.40 bits per heavy atom. The lowest BCUT2D eigenvalue weighted by Crippen LogP contribution is -1.91. The van der Waals surface area contributed by atoms with Gasteiger partial charge in [0.1, 0.15) is 0 Å². The second kappa shape index (κ2) is 5.40. The maximum absolute atomic E-state index is 4.11. The summed E-state index contributed by atoms with van der Waals surface area (Å²) in [6.07, 6.45) is 11.3. The highest BCUT2D eigenvalue weighted by Gasteiger charge is 2.16. The van der Waals surface area contributed by atoms with Crippen LogP contribution in [-0.2, 0) is 0 Å². The van der Waals surface area contributed by atoms with Crippen LogP contribution in [-0.4, -0.2) is 7.05 Å². The molecule has 1 rings (SSSR count). The van der Waals surface area contributed by atoms with Gasteiger partial charge < -0.3 is 5.32 Å². The number of rotatable bonds is 3. The zero-order chi connectivity index (χ0) is 11.3. The quantitative estimate of drug-likeness (QED) is 0.737. The van der Waals surface area contributed by atoms with Gasteiger partial charge in [-0.25, -0.2) is 0 Å². The molecule has 1 aliphatic rings. The molecule has 1 heteroatoms. The molecule has 0 unspecified atom stereocenters. The fraction of sp³-hybridized carbons (Fsp3) is 0.286. The Labute approximate surface area is 92.6 Å². The van der Waals surface area contributed by atoms with Gasteiger partial charge in [0.2, 0.25) is 0 Å². The summed E-state index contributed by atoms with van der Waals surface area (Å²) >= 11 is 0. The third kappa shape index (κ3) is 2.72. The molecule has 80 valence electrons. The molecule has 1 nitrogen and oxygen atoms in total. The second-order valence-corrected chi connectivity index (χ2v) is 3.65. The minimum atomic E-state index is 0.993. The van der Waals surface area contributed by atoms with E-state index in [-0.39, 0.29) is 0 Å². The fourth-order valence-corrected chi connectivity index (χ4v) is 1.62. The van der Waals surface area contributed by atoms with Crippen LogP contribution in [0.15, 0.2) is 59.4 Å². The molecular weight excluding hydrogens is 182 g/mol. The lowest BCUT2D eigenvalue weighted by Gasteiger charge is -1.97. The van der Waals surface area contributed by atoms with Crippen LogP contribution in [0.2, 0.25) is 0 Å². The summed E-state index contributed by atoms with van der Waals surface area (Å²) in [6.45, 7) is 8.27. The van der Waals surface area contributed by atoms with Crippen molar-refractivity contribution in [1.29, 1.82) is 0 Å². The first-order valence-corrected chi connectivity index (χ1v) is 5.25. The van der Waals surface area contributed by atoms with Gasteiger partial charge in [-0.2, -0.15) is 0 Å². The SMILES string of the molecule is C=C1C(C)=C(/C=C/NC)C/C1=C/C=C\C. The van der Waals surface area contributed by atoms with E-state index in [1.807, 2.05) is 26.2 Å². The van der Waals surface area contributed by atoms with Gasteiger partial charge in [0, 0.05) is 7.05 Å². The molecule has 0 aromatic heterocycles. The zero-order valence-corrected chi connectivity index (χ0v) is 9.80. The minimum Gasteiger partial charge on any atom is -0.394 e. The van der Waals surface area contributed by atoms with Crippen LogP contribution in [0, 0.1) is 0 Å². The lowest BCUT2D eigenvalue weighted by atomic mass is 10.1. The maximum atomic E-state index is 4.11. The maximum Gasteiger partial charge on any atom is 0.00277 e. The monoisotopic (exact) mass is 201 g/mol. The minimum absolute atomic E-state index is 0.993. The van der Waals surface area contributed by atoms with Crippen LogP contribution in [0.25, 0.3) is 0 Å². The molecule has 0 aromatic rings. The average molecular weight is 201 g/mol. The molecule has 15 heavy (non-hydrogen) atoms. The molecule has 0 aliphatic heterocycles. The number of nitrogens with one attached hydrogen (secondary N) is 1. The van der Waals surface area contributed by atoms with Crippen LogP contribution >= 0.6 is 0 Å². The van der Waals surface area contributed by atoms with Gasteiger partial charge in [-0.05, 0) is 54.8 Å². The molecule has 0 fully saturated rings. The highest BCUT2D eigenvalue weighted by molar-refractivity contribution is 5.57. The van der Waals surface area contributed by atoms with Crippen LogP contribution in [0.4, 0.5) is 0 Å². The van der Waals surface area contributed by atoms with E-state index in [1.165, 1.54) is 22.3 Å². The van der Waals surface area contributed by atoms with Crippen LogP contribution < -0.4 is 5.32 Å². The second-order valence-electron chi connectivity index (χ2n) is 3.65. The van der Waals surface area contributed by atoms with Gasteiger partial charge in [0.25, 0.3) is 0 Å². The topological polar surface area (TPSA) is 12.0 Å². The summed E-state index contributed by atoms with van der Waals surface area (Å²) in [5, 5.41) is 3.01. The van der Waals surface area contributed by atoms with Crippen molar-refractivity contribution in [1.82, 2.24) is 5.32 Å². The van der Waals surface area contributed by atoms with Crippen molar-refractivity contribution < 1.29 is 0 Å². The summed E-state index contributed by atoms with van der Waals surface area (Å²) in [5.74, 6) is 0. The van der Waals surface area contributed by atoms with Gasteiger partial charge >= 0.3 is 0 Å². The van der Waals surface area contributed by atoms with E-state index in [0.29, 0.717) is 0 Å². The lowest BCUT2D eigenvalue weighted by molar-refractivity contribution is 1.09. The van der Waals surface area contributed by atoms with Crippen molar-refractivity contribution in [2.75, 3.05) is 7.05 Å². The molecule has 0 spiro atoms. The molecule has 0 aromatic carbocycles. The molecule has 0 bridgehead atoms. The van der Waals surface area contributed by atoms with Crippen molar-refractivity contribution in [2.24, 2.45) is 0 Å². The van der Waals surface area contributed by atoms with Gasteiger partial charge in [-0.3, -0.25) is 0 Å². The van der Waals surface area contributed by atoms with E-state index in [4.69, 9.17) is 0 Å². The Hall–Kier alpha value is -1.50. The predicted molar refractivity (Wildman–Crippen MR) is 67.6 cm³/mol. The Bertz CT molecular complexity index is 365. The Morgan fingerprint density at radius 3 is 2.73 bits per heavy atom. The summed E-state index contributed by atoms with van der Waals surface area (Å²) in [7, 11) is 1.91. The summed E-state index contributed by atoms with van der Waals surface area (Å²) in [6, 6.07) is 0. The van der Waals surface area contributed by atoms with Gasteiger partial charge in [-0.15, -0.1) is 0 Å². The van der Waals surface area contributed by atoms with Crippen molar-refractivity contribution in [3.8, 4) is 0 Å². The van der Waals surface area contributed by atoms with E-state index in [9.17, 15) is 0 Å². The van der Waals surface area contributed by atoms with E-state index < -0.39 is 0 Å². The molecular formula is C14H19N. The van der Waals surface area contributed by atoms with E-state index in [0.717, 1.165) is 6.42 Å². The van der Waals surface area contributed by atoms with Crippen molar-refractivity contribution >= 4 is 0 Å². The third-order valence-electron chi connectivity index (χ3n) is 2.64. The summed E-state index contributed by atoms with van der Waals surface area (Å²) in [5.41, 5.74) is 5.15. The van der Waals surface area contributed by atoms with Gasteiger partial charge in [-0.1, -0.05) is 24.8 Å². The third-order valence-corrected chi connectivity index (χ3v) is 2.64. The van der Waals surface area contributed by atoms with E-state index in [2.05, 4.69) is 37.0 Å². The Balaban J connectivity index is 2.87. The van der Waals surface area contributed by atoms with Crippen LogP contribution in [0.5, 0.6) is 0 Å². The number of hydrogen-bond donors (Lipinski definition) is 1. The van der Waals surface area contributed by atoms with E-state index in [1.54, 1.807) is 0 Å². The molecule has 0 saturated carbocycles. The fourth-order valence-electron chi connectivity index (χ4n) is 1.62. The molecule has 0 atom stereocenters. The van der Waals surface area contributed by atoms with Crippen LogP contribution in [0.1, 0.15) is 20.3 Å². The first kappa shape index (κ1) is 11.6.